The average molecular weight is 269 g/mol. The molecule has 0 aromatic rings. The second kappa shape index (κ2) is 10.7. The molecule has 0 aliphatic carbocycles. The van der Waals surface area contributed by atoms with Gasteiger partial charge in [0, 0.05) is 0 Å². The normalized spacial score (nSPS) is 10.4. The molecule has 0 rings (SSSR count). The van der Waals surface area contributed by atoms with Crippen molar-refractivity contribution in [3.63, 3.8) is 0 Å². The summed E-state index contributed by atoms with van der Waals surface area (Å²) in [5.74, 6) is 0. The summed E-state index contributed by atoms with van der Waals surface area (Å²) >= 11 is 2.43. The minimum Gasteiger partial charge on any atom is -0.317 e. The van der Waals surface area contributed by atoms with Crippen molar-refractivity contribution >= 4 is 22.6 Å². The molecule has 1 N–H and O–H groups in total. The van der Waals surface area contributed by atoms with Gasteiger partial charge in [0.15, 0.2) is 0 Å². The quantitative estimate of drug-likeness (QED) is 0.406. The maximum atomic E-state index is 3.45. The lowest BCUT2D eigenvalue weighted by Gasteiger charge is -2.01. The first-order chi connectivity index (χ1) is 5.41. The van der Waals surface area contributed by atoms with Crippen molar-refractivity contribution in [1.29, 1.82) is 0 Å². The highest BCUT2D eigenvalue weighted by Gasteiger charge is 1.87. The van der Waals surface area contributed by atoms with Crippen LogP contribution in [-0.4, -0.2) is 17.5 Å². The van der Waals surface area contributed by atoms with E-state index in [0.717, 1.165) is 0 Å². The van der Waals surface area contributed by atoms with Gasteiger partial charge in [-0.1, -0.05) is 42.4 Å². The monoisotopic (exact) mass is 269 g/mol. The number of hydrogen-bond donors (Lipinski definition) is 1. The molecular weight excluding hydrogens is 249 g/mol. The smallest absolute Gasteiger partial charge is 0.000426 e. The van der Waals surface area contributed by atoms with E-state index >= 15 is 0 Å². The molecule has 1 nitrogen and oxygen atoms in total. The molecule has 0 bridgehead atoms. The van der Waals surface area contributed by atoms with E-state index in [-0.39, 0.29) is 0 Å². The van der Waals surface area contributed by atoms with E-state index in [9.17, 15) is 0 Å². The summed E-state index contributed by atoms with van der Waals surface area (Å²) in [7, 11) is 0. The van der Waals surface area contributed by atoms with Gasteiger partial charge in [0.05, 0.1) is 0 Å². The molecule has 0 fully saturated rings. The first-order valence-electron chi connectivity index (χ1n) is 4.68. The third kappa shape index (κ3) is 10.7. The average Bonchev–Trinajstić information content (AvgIpc) is 2.03. The van der Waals surface area contributed by atoms with Crippen LogP contribution in [0, 0.1) is 0 Å². The fraction of sp³-hybridized carbons (Fsp3) is 1.00. The second-order valence-corrected chi connectivity index (χ2v) is 3.93. The van der Waals surface area contributed by atoms with Crippen LogP contribution in [0.1, 0.15) is 39.0 Å². The molecular formula is C9H20IN. The molecule has 0 saturated heterocycles. The van der Waals surface area contributed by atoms with Gasteiger partial charge < -0.3 is 5.32 Å². The van der Waals surface area contributed by atoms with Gasteiger partial charge in [-0.25, -0.2) is 0 Å². The Kier molecular flexibility index (Phi) is 11.4. The highest BCUT2D eigenvalue weighted by atomic mass is 127. The Bertz CT molecular complexity index is 58.6. The van der Waals surface area contributed by atoms with Gasteiger partial charge in [0.25, 0.3) is 0 Å². The van der Waals surface area contributed by atoms with Crippen molar-refractivity contribution in [1.82, 2.24) is 5.32 Å². The van der Waals surface area contributed by atoms with Gasteiger partial charge in [0.1, 0.15) is 0 Å². The summed E-state index contributed by atoms with van der Waals surface area (Å²) in [6.07, 6.45) is 6.76. The Morgan fingerprint density at radius 2 is 1.64 bits per heavy atom. The zero-order chi connectivity index (χ0) is 8.36. The summed E-state index contributed by atoms with van der Waals surface area (Å²) in [4.78, 5) is 0. The van der Waals surface area contributed by atoms with Crippen LogP contribution in [0.5, 0.6) is 0 Å². The van der Waals surface area contributed by atoms with Crippen LogP contribution in [0.25, 0.3) is 0 Å². The Hall–Kier alpha value is 0.690. The van der Waals surface area contributed by atoms with Crippen LogP contribution in [0.4, 0.5) is 0 Å². The number of halogens is 1. The molecule has 0 saturated carbocycles. The van der Waals surface area contributed by atoms with Gasteiger partial charge in [0.2, 0.25) is 0 Å². The molecule has 0 unspecified atom stereocenters. The third-order valence-electron chi connectivity index (χ3n) is 1.69. The van der Waals surface area contributed by atoms with Gasteiger partial charge in [-0.05, 0) is 36.8 Å². The summed E-state index contributed by atoms with van der Waals surface area (Å²) in [6, 6.07) is 0. The Morgan fingerprint density at radius 3 is 2.18 bits per heavy atom. The minimum absolute atomic E-state index is 1.21. The fourth-order valence-corrected chi connectivity index (χ4v) is 1.51. The van der Waals surface area contributed by atoms with Crippen molar-refractivity contribution in [2.45, 2.75) is 39.0 Å². The van der Waals surface area contributed by atoms with Gasteiger partial charge in [-0.3, -0.25) is 0 Å². The Labute approximate surface area is 84.5 Å². The van der Waals surface area contributed by atoms with Gasteiger partial charge in [-0.15, -0.1) is 0 Å². The largest absolute Gasteiger partial charge is 0.317 e. The maximum absolute atomic E-state index is 3.45. The number of nitrogens with one attached hydrogen (secondary N) is 1. The van der Waals surface area contributed by atoms with Gasteiger partial charge in [-0.2, -0.15) is 0 Å². The molecule has 0 atom stereocenters. The van der Waals surface area contributed by atoms with E-state index in [1.165, 1.54) is 49.6 Å². The molecule has 0 aromatic heterocycles. The molecule has 0 spiro atoms. The fourth-order valence-electron chi connectivity index (χ4n) is 0.969. The van der Waals surface area contributed by atoms with E-state index in [2.05, 4.69) is 34.8 Å². The lowest BCUT2D eigenvalue weighted by atomic mass is 10.2. The Balaban J connectivity index is 2.69. The molecule has 11 heavy (non-hydrogen) atoms. The predicted molar refractivity (Wildman–Crippen MR) is 60.5 cm³/mol. The van der Waals surface area contributed by atoms with Crippen LogP contribution in [0.2, 0.25) is 0 Å². The van der Waals surface area contributed by atoms with E-state index < -0.39 is 0 Å². The number of rotatable bonds is 8. The maximum Gasteiger partial charge on any atom is -0.000426 e. The van der Waals surface area contributed by atoms with E-state index in [0.29, 0.717) is 0 Å². The summed E-state index contributed by atoms with van der Waals surface area (Å²) in [5, 5.41) is 3.45. The lowest BCUT2D eigenvalue weighted by Crippen LogP contribution is -2.16. The zero-order valence-electron chi connectivity index (χ0n) is 7.53. The molecule has 2 heteroatoms. The van der Waals surface area contributed by atoms with Crippen LogP contribution < -0.4 is 5.32 Å². The first kappa shape index (κ1) is 11.7. The molecule has 0 aliphatic heterocycles. The van der Waals surface area contributed by atoms with Crippen molar-refractivity contribution < 1.29 is 0 Å². The molecule has 0 aromatic carbocycles. The van der Waals surface area contributed by atoms with Crippen LogP contribution >= 0.6 is 22.6 Å². The predicted octanol–water partition coefficient (Wildman–Crippen LogP) is 2.98. The van der Waals surface area contributed by atoms with Crippen molar-refractivity contribution in [3.05, 3.63) is 0 Å². The van der Waals surface area contributed by atoms with E-state index in [1.54, 1.807) is 0 Å². The van der Waals surface area contributed by atoms with E-state index in [4.69, 9.17) is 0 Å². The number of unbranched alkanes of at least 4 members (excludes halogenated alkanes) is 3. The number of alkyl halides is 1. The number of hydrogen-bond acceptors (Lipinski definition) is 1. The van der Waals surface area contributed by atoms with Crippen LogP contribution in [0.3, 0.4) is 0 Å². The highest BCUT2D eigenvalue weighted by molar-refractivity contribution is 14.1. The van der Waals surface area contributed by atoms with Crippen molar-refractivity contribution in [2.24, 2.45) is 0 Å². The standard InChI is InChI=1S/C9H20IN/c1-2-3-5-8-11-9-6-4-7-10/h11H,2-9H2,1H3. The van der Waals surface area contributed by atoms with Crippen LogP contribution in [0.15, 0.2) is 0 Å². The lowest BCUT2D eigenvalue weighted by molar-refractivity contribution is 0.597. The van der Waals surface area contributed by atoms with Crippen LogP contribution in [-0.2, 0) is 0 Å². The minimum atomic E-state index is 1.21. The topological polar surface area (TPSA) is 12.0 Å². The molecule has 0 aliphatic rings. The van der Waals surface area contributed by atoms with Crippen molar-refractivity contribution in [2.75, 3.05) is 17.5 Å². The third-order valence-corrected chi connectivity index (χ3v) is 2.46. The van der Waals surface area contributed by atoms with Crippen molar-refractivity contribution in [3.8, 4) is 0 Å². The second-order valence-electron chi connectivity index (χ2n) is 2.85. The summed E-state index contributed by atoms with van der Waals surface area (Å²) < 4.78 is 1.30. The van der Waals surface area contributed by atoms with E-state index in [1.807, 2.05) is 0 Å². The zero-order valence-corrected chi connectivity index (χ0v) is 9.69. The summed E-state index contributed by atoms with van der Waals surface area (Å²) in [6.45, 7) is 4.68. The highest BCUT2D eigenvalue weighted by Crippen LogP contribution is 1.94. The van der Waals surface area contributed by atoms with Gasteiger partial charge >= 0.3 is 0 Å². The first-order valence-corrected chi connectivity index (χ1v) is 6.21. The molecule has 0 heterocycles. The SMILES string of the molecule is CCCCCNCCCCI. The Morgan fingerprint density at radius 1 is 1.00 bits per heavy atom. The summed E-state index contributed by atoms with van der Waals surface area (Å²) in [5.41, 5.74) is 0. The molecule has 68 valence electrons. The molecule has 0 radical (unpaired) electrons. The molecule has 0 amide bonds.